The van der Waals surface area contributed by atoms with Gasteiger partial charge in [-0.3, -0.25) is 0 Å². The standard InChI is InChI=1S/C8H13I/c1-3-4-5-6-8(2)7-9/h3-6,8H,7H2,1-2H3/b4-3-,6-5+/t8-/m1/s1. The minimum atomic E-state index is 0.710. The maximum Gasteiger partial charge on any atom is 0.00558 e. The first-order chi connectivity index (χ1) is 4.31. The minimum Gasteiger partial charge on any atom is -0.0877 e. The highest BCUT2D eigenvalue weighted by Crippen LogP contribution is 2.01. The van der Waals surface area contributed by atoms with Gasteiger partial charge in [0.2, 0.25) is 0 Å². The molecule has 1 heteroatoms. The number of hydrogen-bond acceptors (Lipinski definition) is 0. The van der Waals surface area contributed by atoms with E-state index in [4.69, 9.17) is 0 Å². The molecule has 0 spiro atoms. The molecule has 1 atom stereocenters. The molecule has 0 aromatic heterocycles. The molecule has 0 nitrogen and oxygen atoms in total. The molecular formula is C8H13I. The van der Waals surface area contributed by atoms with Crippen LogP contribution in [0.3, 0.4) is 0 Å². The van der Waals surface area contributed by atoms with Crippen LogP contribution in [0.1, 0.15) is 13.8 Å². The zero-order valence-corrected chi connectivity index (χ0v) is 8.13. The summed E-state index contributed by atoms with van der Waals surface area (Å²) < 4.78 is 1.20. The monoisotopic (exact) mass is 236 g/mol. The predicted molar refractivity (Wildman–Crippen MR) is 52.0 cm³/mol. The van der Waals surface area contributed by atoms with Crippen LogP contribution in [0.25, 0.3) is 0 Å². The van der Waals surface area contributed by atoms with Crippen LogP contribution in [-0.2, 0) is 0 Å². The van der Waals surface area contributed by atoms with Crippen LogP contribution >= 0.6 is 22.6 Å². The van der Waals surface area contributed by atoms with Gasteiger partial charge in [0, 0.05) is 4.43 Å². The minimum absolute atomic E-state index is 0.710. The summed E-state index contributed by atoms with van der Waals surface area (Å²) >= 11 is 2.39. The fourth-order valence-electron chi connectivity index (χ4n) is 0.416. The molecule has 0 saturated carbocycles. The van der Waals surface area contributed by atoms with Crippen molar-refractivity contribution in [3.05, 3.63) is 24.3 Å². The Labute approximate surface area is 71.2 Å². The van der Waals surface area contributed by atoms with Crippen molar-refractivity contribution in [1.29, 1.82) is 0 Å². The number of hydrogen-bond donors (Lipinski definition) is 0. The molecule has 0 aromatic carbocycles. The van der Waals surface area contributed by atoms with E-state index in [9.17, 15) is 0 Å². The van der Waals surface area contributed by atoms with Crippen molar-refractivity contribution in [3.8, 4) is 0 Å². The first kappa shape index (κ1) is 9.21. The van der Waals surface area contributed by atoms with Crippen LogP contribution in [0.15, 0.2) is 24.3 Å². The summed E-state index contributed by atoms with van der Waals surface area (Å²) in [5.74, 6) is 0.710. The molecular weight excluding hydrogens is 223 g/mol. The fraction of sp³-hybridized carbons (Fsp3) is 0.500. The first-order valence-corrected chi connectivity index (χ1v) is 4.69. The number of alkyl halides is 1. The summed E-state index contributed by atoms with van der Waals surface area (Å²) in [4.78, 5) is 0. The average Bonchev–Trinajstić information content (AvgIpc) is 1.89. The van der Waals surface area contributed by atoms with Crippen molar-refractivity contribution in [2.45, 2.75) is 13.8 Å². The van der Waals surface area contributed by atoms with Gasteiger partial charge in [-0.1, -0.05) is 53.8 Å². The van der Waals surface area contributed by atoms with E-state index in [0.717, 1.165) is 0 Å². The molecule has 0 unspecified atom stereocenters. The Morgan fingerprint density at radius 2 is 2.11 bits per heavy atom. The molecule has 0 aliphatic carbocycles. The average molecular weight is 236 g/mol. The van der Waals surface area contributed by atoms with Gasteiger partial charge >= 0.3 is 0 Å². The van der Waals surface area contributed by atoms with Crippen molar-refractivity contribution in [3.63, 3.8) is 0 Å². The molecule has 0 rings (SSSR count). The van der Waals surface area contributed by atoms with E-state index in [-0.39, 0.29) is 0 Å². The Morgan fingerprint density at radius 1 is 1.44 bits per heavy atom. The molecule has 9 heavy (non-hydrogen) atoms. The van der Waals surface area contributed by atoms with Crippen molar-refractivity contribution in [1.82, 2.24) is 0 Å². The predicted octanol–water partition coefficient (Wildman–Crippen LogP) is 3.19. The normalized spacial score (nSPS) is 15.4. The quantitative estimate of drug-likeness (QED) is 0.401. The van der Waals surface area contributed by atoms with Gasteiger partial charge < -0.3 is 0 Å². The Morgan fingerprint density at radius 3 is 2.56 bits per heavy atom. The second-order valence-electron chi connectivity index (χ2n) is 2.04. The summed E-state index contributed by atoms with van der Waals surface area (Å²) in [6.45, 7) is 4.24. The summed E-state index contributed by atoms with van der Waals surface area (Å²) in [5, 5.41) is 0. The zero-order valence-electron chi connectivity index (χ0n) is 5.97. The van der Waals surface area contributed by atoms with Gasteiger partial charge in [-0.05, 0) is 12.8 Å². The lowest BCUT2D eigenvalue weighted by Gasteiger charge is -1.94. The van der Waals surface area contributed by atoms with Crippen LogP contribution in [0.2, 0.25) is 0 Å². The van der Waals surface area contributed by atoms with Crippen LogP contribution in [0, 0.1) is 5.92 Å². The van der Waals surface area contributed by atoms with Crippen LogP contribution < -0.4 is 0 Å². The highest BCUT2D eigenvalue weighted by molar-refractivity contribution is 14.1. The fourth-order valence-corrected chi connectivity index (χ4v) is 0.710. The van der Waals surface area contributed by atoms with Crippen molar-refractivity contribution < 1.29 is 0 Å². The second kappa shape index (κ2) is 6.33. The van der Waals surface area contributed by atoms with Crippen LogP contribution in [-0.4, -0.2) is 4.43 Å². The molecule has 0 heterocycles. The lowest BCUT2D eigenvalue weighted by molar-refractivity contribution is 0.862. The number of rotatable bonds is 3. The van der Waals surface area contributed by atoms with Crippen molar-refractivity contribution >= 4 is 22.6 Å². The largest absolute Gasteiger partial charge is 0.0877 e. The van der Waals surface area contributed by atoms with Gasteiger partial charge in [0.15, 0.2) is 0 Å². The van der Waals surface area contributed by atoms with Gasteiger partial charge in [-0.25, -0.2) is 0 Å². The van der Waals surface area contributed by atoms with E-state index in [0.29, 0.717) is 5.92 Å². The lowest BCUT2D eigenvalue weighted by atomic mass is 10.2. The van der Waals surface area contributed by atoms with E-state index in [1.54, 1.807) is 0 Å². The molecule has 52 valence electrons. The van der Waals surface area contributed by atoms with Gasteiger partial charge in [-0.15, -0.1) is 0 Å². The highest BCUT2D eigenvalue weighted by Gasteiger charge is 1.88. The second-order valence-corrected chi connectivity index (χ2v) is 2.92. The highest BCUT2D eigenvalue weighted by atomic mass is 127. The number of halogens is 1. The van der Waals surface area contributed by atoms with Gasteiger partial charge in [-0.2, -0.15) is 0 Å². The third kappa shape index (κ3) is 6.09. The summed E-state index contributed by atoms with van der Waals surface area (Å²) in [6.07, 6.45) is 8.41. The molecule has 0 amide bonds. The van der Waals surface area contributed by atoms with E-state index >= 15 is 0 Å². The van der Waals surface area contributed by atoms with E-state index in [1.165, 1.54) is 4.43 Å². The lowest BCUT2D eigenvalue weighted by Crippen LogP contribution is -1.86. The van der Waals surface area contributed by atoms with E-state index < -0.39 is 0 Å². The summed E-state index contributed by atoms with van der Waals surface area (Å²) in [6, 6.07) is 0. The van der Waals surface area contributed by atoms with Gasteiger partial charge in [0.1, 0.15) is 0 Å². The van der Waals surface area contributed by atoms with Crippen molar-refractivity contribution in [2.75, 3.05) is 4.43 Å². The Balaban J connectivity index is 3.43. The molecule has 0 N–H and O–H groups in total. The molecule has 0 aromatic rings. The maximum absolute atomic E-state index is 2.39. The Kier molecular flexibility index (Phi) is 6.48. The van der Waals surface area contributed by atoms with E-state index in [2.05, 4.69) is 47.7 Å². The van der Waals surface area contributed by atoms with Gasteiger partial charge in [0.05, 0.1) is 0 Å². The van der Waals surface area contributed by atoms with Crippen LogP contribution in [0.5, 0.6) is 0 Å². The Hall–Kier alpha value is 0.210. The third-order valence-corrected chi connectivity index (χ3v) is 2.38. The maximum atomic E-state index is 2.39. The molecule has 0 saturated heterocycles. The van der Waals surface area contributed by atoms with Gasteiger partial charge in [0.25, 0.3) is 0 Å². The summed E-state index contributed by atoms with van der Waals surface area (Å²) in [5.41, 5.74) is 0. The molecule has 0 fully saturated rings. The smallest absolute Gasteiger partial charge is 0.00558 e. The van der Waals surface area contributed by atoms with Crippen LogP contribution in [0.4, 0.5) is 0 Å². The molecule has 0 bridgehead atoms. The number of allylic oxidation sites excluding steroid dienone is 4. The molecule has 0 aliphatic rings. The Bertz CT molecular complexity index is 103. The topological polar surface area (TPSA) is 0 Å². The zero-order chi connectivity index (χ0) is 7.11. The van der Waals surface area contributed by atoms with E-state index in [1.807, 2.05) is 13.0 Å². The molecule has 0 radical (unpaired) electrons. The SMILES string of the molecule is C/C=C\C=C\[C@@H](C)CI. The van der Waals surface area contributed by atoms with Crippen molar-refractivity contribution in [2.24, 2.45) is 5.92 Å². The first-order valence-electron chi connectivity index (χ1n) is 3.16. The summed E-state index contributed by atoms with van der Waals surface area (Å²) in [7, 11) is 0. The molecule has 0 aliphatic heterocycles. The third-order valence-electron chi connectivity index (χ3n) is 0.987.